The molecule has 14 nitrogen and oxygen atoms in total. The molecule has 2 aromatic heterocycles. The number of nitrogens with zero attached hydrogens (tertiary/aromatic N) is 4. The summed E-state index contributed by atoms with van der Waals surface area (Å²) in [7, 11) is -13.8. The van der Waals surface area contributed by atoms with Crippen LogP contribution < -0.4 is 10.3 Å². The van der Waals surface area contributed by atoms with Gasteiger partial charge in [0.25, 0.3) is 0 Å². The summed E-state index contributed by atoms with van der Waals surface area (Å²) in [6.45, 7) is 5.89. The highest BCUT2D eigenvalue weighted by molar-refractivity contribution is 7.70. The Morgan fingerprint density at radius 2 is 1.64 bits per heavy atom. The fraction of sp³-hybridized carbons (Fsp3) is 0.360. The third-order valence-electron chi connectivity index (χ3n) is 6.95. The van der Waals surface area contributed by atoms with Gasteiger partial charge in [-0.05, 0) is 25.1 Å². The monoisotopic (exact) mass is 692 g/mol. The molecular weight excluding hydrogens is 663 g/mol. The average Bonchev–Trinajstić information content (AvgIpc) is 2.90. The lowest BCUT2D eigenvalue weighted by molar-refractivity contribution is 0.0775. The van der Waals surface area contributed by atoms with Gasteiger partial charge in [-0.25, -0.2) is 22.9 Å². The molecule has 0 saturated carbocycles. The van der Waals surface area contributed by atoms with Gasteiger partial charge in [-0.1, -0.05) is 19.6 Å². The normalized spacial score (nSPS) is 16.4. The van der Waals surface area contributed by atoms with Crippen molar-refractivity contribution in [2.24, 2.45) is 0 Å². The minimum absolute atomic E-state index is 0.174. The van der Waals surface area contributed by atoms with Crippen molar-refractivity contribution < 1.29 is 56.2 Å². The van der Waals surface area contributed by atoms with Crippen LogP contribution in [-0.2, 0) is 13.9 Å². The highest BCUT2D eigenvalue weighted by Crippen LogP contribution is 2.60. The van der Waals surface area contributed by atoms with Crippen molar-refractivity contribution >= 4 is 51.6 Å². The molecule has 1 aromatic carbocycles. The van der Waals surface area contributed by atoms with Gasteiger partial charge in [-0.3, -0.25) is 23.3 Å². The van der Waals surface area contributed by atoms with Crippen LogP contribution in [0.1, 0.15) is 17.3 Å². The minimum atomic E-state index is -5.57. The number of pyridine rings is 2. The lowest BCUT2D eigenvalue weighted by Crippen LogP contribution is -2.55. The predicted molar refractivity (Wildman–Crippen MR) is 158 cm³/mol. The Labute approximate surface area is 254 Å². The Morgan fingerprint density at radius 1 is 1.02 bits per heavy atom. The van der Waals surface area contributed by atoms with E-state index in [1.54, 1.807) is 19.6 Å². The van der Waals surface area contributed by atoms with Crippen LogP contribution in [-0.4, -0.2) is 84.9 Å². The van der Waals surface area contributed by atoms with Gasteiger partial charge >= 0.3 is 26.9 Å². The molecule has 1 saturated heterocycles. The fourth-order valence-corrected chi connectivity index (χ4v) is 7.78. The predicted octanol–water partition coefficient (Wildman–Crippen LogP) is 3.15. The van der Waals surface area contributed by atoms with E-state index in [1.807, 2.05) is 0 Å². The molecule has 45 heavy (non-hydrogen) atoms. The first-order chi connectivity index (χ1) is 20.6. The first kappa shape index (κ1) is 34.5. The van der Waals surface area contributed by atoms with E-state index in [4.69, 9.17) is 0 Å². The molecule has 1 unspecified atom stereocenters. The maximum atomic E-state index is 15.6. The van der Waals surface area contributed by atoms with Crippen molar-refractivity contribution in [1.29, 1.82) is 0 Å². The van der Waals surface area contributed by atoms with Crippen molar-refractivity contribution in [2.45, 2.75) is 38.2 Å². The Morgan fingerprint density at radius 3 is 2.18 bits per heavy atom. The van der Waals surface area contributed by atoms with E-state index in [0.29, 0.717) is 6.07 Å². The second-order valence-electron chi connectivity index (χ2n) is 11.5. The summed E-state index contributed by atoms with van der Waals surface area (Å²) >= 11 is 0. The number of ether oxygens (including phenoxy) is 1. The van der Waals surface area contributed by atoms with Gasteiger partial charge in [-0.15, -0.1) is 0 Å². The number of halogens is 3. The highest BCUT2D eigenvalue weighted by atomic mass is 31.2. The number of benzene rings is 1. The van der Waals surface area contributed by atoms with Crippen LogP contribution in [0.5, 0.6) is 0 Å². The van der Waals surface area contributed by atoms with Gasteiger partial charge in [0.15, 0.2) is 17.3 Å². The van der Waals surface area contributed by atoms with Crippen molar-refractivity contribution in [3.63, 3.8) is 0 Å². The summed E-state index contributed by atoms with van der Waals surface area (Å²) in [5.41, 5.74) is -4.70. The zero-order chi connectivity index (χ0) is 33.8. The summed E-state index contributed by atoms with van der Waals surface area (Å²) in [6.07, 6.45) is -0.350. The highest BCUT2D eigenvalue weighted by Gasteiger charge is 2.48. The third kappa shape index (κ3) is 7.07. The first-order valence-corrected chi connectivity index (χ1v) is 20.1. The number of carbonyl (C=O) groups is 2. The quantitative estimate of drug-likeness (QED) is 0.209. The summed E-state index contributed by atoms with van der Waals surface area (Å²) in [5.74, 6) is -3.29. The van der Waals surface area contributed by atoms with Crippen LogP contribution in [0, 0.1) is 17.5 Å². The van der Waals surface area contributed by atoms with Crippen LogP contribution in [0.25, 0.3) is 16.7 Å². The molecule has 20 heteroatoms. The number of carbonyl (C=O) groups excluding carboxylic acids is 2. The second-order valence-corrected chi connectivity index (χ2v) is 20.1. The molecule has 0 radical (unpaired) electrons. The maximum Gasteiger partial charge on any atom is 0.411 e. The first-order valence-electron chi connectivity index (χ1n) is 13.2. The molecule has 3 heterocycles. The van der Waals surface area contributed by atoms with Crippen LogP contribution in [0.2, 0.25) is 19.6 Å². The Balaban J connectivity index is 1.76. The molecule has 1 amide bonds. The van der Waals surface area contributed by atoms with Crippen molar-refractivity contribution in [2.75, 3.05) is 24.5 Å². The van der Waals surface area contributed by atoms with Gasteiger partial charge in [0.1, 0.15) is 25.1 Å². The largest absolute Gasteiger partial charge is 0.420 e. The molecule has 0 spiro atoms. The van der Waals surface area contributed by atoms with Gasteiger partial charge in [-0.2, -0.15) is 0 Å². The van der Waals surface area contributed by atoms with E-state index in [2.05, 4.69) is 9.72 Å². The van der Waals surface area contributed by atoms with E-state index in [1.165, 1.54) is 11.8 Å². The van der Waals surface area contributed by atoms with Gasteiger partial charge in [0.2, 0.25) is 5.43 Å². The molecule has 0 bridgehead atoms. The summed E-state index contributed by atoms with van der Waals surface area (Å²) in [5, 5.41) is -0.827. The molecule has 3 aromatic rings. The van der Waals surface area contributed by atoms with E-state index in [-0.39, 0.29) is 47.7 Å². The molecule has 244 valence electrons. The number of anilines is 1. The molecule has 1 atom stereocenters. The van der Waals surface area contributed by atoms with Crippen LogP contribution in [0.15, 0.2) is 35.3 Å². The number of fused-ring (bicyclic) bond motifs is 1. The number of piperazine rings is 1. The molecular formula is C25H29F3N4O10P2Si. The van der Waals surface area contributed by atoms with E-state index >= 15 is 4.39 Å². The lowest BCUT2D eigenvalue weighted by Gasteiger charge is -2.40. The Kier molecular flexibility index (Phi) is 9.27. The van der Waals surface area contributed by atoms with Crippen molar-refractivity contribution in [3.8, 4) is 5.69 Å². The smallest absolute Gasteiger partial charge is 0.411 e. The maximum absolute atomic E-state index is 15.6. The molecule has 0 aliphatic carbocycles. The Hall–Kier alpha value is -3.37. The van der Waals surface area contributed by atoms with E-state index < -0.39 is 69.3 Å². The van der Waals surface area contributed by atoms with Gasteiger partial charge in [0.05, 0.1) is 16.6 Å². The number of aromatic nitrogens is 2. The average molecular weight is 693 g/mol. The standard InChI is InChI=1S/C25H29F3N4O10P2Si/c1-13-11-30(7-8-31(13)24(35)42-25(43(36,37)38)44(39,40)41)22-18(28)10-15-20(33)16(23(34)45(2,3)4)12-32(21(15)29-22)19-6-5-14(26)9-17(19)27/h5-6,9-10,12-13,25H,7-8,11H2,1-4H3,(H2,36,37,38)(H2,39,40,41). The molecule has 4 N–H and O–H groups in total. The number of amides is 1. The Bertz CT molecular complexity index is 1840. The molecule has 1 aliphatic heterocycles. The van der Waals surface area contributed by atoms with Crippen LogP contribution in [0.4, 0.5) is 23.8 Å². The summed E-state index contributed by atoms with van der Waals surface area (Å²) in [6, 6.07) is 2.57. The molecule has 1 fully saturated rings. The van der Waals surface area contributed by atoms with Crippen molar-refractivity contribution in [1.82, 2.24) is 14.5 Å². The van der Waals surface area contributed by atoms with Gasteiger partial charge < -0.3 is 34.1 Å². The molecule has 4 rings (SSSR count). The second kappa shape index (κ2) is 12.1. The van der Waals surface area contributed by atoms with Crippen molar-refractivity contribution in [3.05, 3.63) is 63.7 Å². The van der Waals surface area contributed by atoms with Crippen LogP contribution >= 0.6 is 15.2 Å². The zero-order valence-electron chi connectivity index (χ0n) is 24.2. The minimum Gasteiger partial charge on any atom is -0.420 e. The lowest BCUT2D eigenvalue weighted by atomic mass is 10.1. The fourth-order valence-electron chi connectivity index (χ4n) is 4.77. The summed E-state index contributed by atoms with van der Waals surface area (Å²) < 4.78 is 72.9. The number of rotatable bonds is 7. The van der Waals surface area contributed by atoms with E-state index in [9.17, 15) is 51.9 Å². The van der Waals surface area contributed by atoms with E-state index in [0.717, 1.165) is 33.9 Å². The topological polar surface area (TPSA) is 200 Å². The SMILES string of the molecule is CC1CN(c2nc3c(cc2F)c(=O)c(C(=O)[Si](C)(C)C)cn3-c2ccc(F)cc2F)CCN1C(=O)OC(P(=O)(O)O)P(=O)(O)O. The third-order valence-corrected chi connectivity index (χ3v) is 11.7. The van der Waals surface area contributed by atoms with Gasteiger partial charge in [0, 0.05) is 37.9 Å². The molecule has 1 aliphatic rings. The zero-order valence-corrected chi connectivity index (χ0v) is 27.0. The summed E-state index contributed by atoms with van der Waals surface area (Å²) in [4.78, 5) is 82.8. The number of hydrogen-bond acceptors (Lipinski definition) is 8. The number of hydrogen-bond donors (Lipinski definition) is 4. The van der Waals surface area contributed by atoms with Crippen LogP contribution in [0.3, 0.4) is 0 Å².